The Kier molecular flexibility index (Phi) is 3.82. The van der Waals surface area contributed by atoms with Crippen LogP contribution in [-0.4, -0.2) is 23.0 Å². The third-order valence-corrected chi connectivity index (χ3v) is 4.22. The number of hydrogen-bond donors (Lipinski definition) is 0. The van der Waals surface area contributed by atoms with E-state index in [1.807, 2.05) is 30.3 Å². The predicted octanol–water partition coefficient (Wildman–Crippen LogP) is 3.99. The van der Waals surface area contributed by atoms with Crippen molar-refractivity contribution in [1.29, 1.82) is 0 Å². The second-order valence-electron chi connectivity index (χ2n) is 5.70. The van der Waals surface area contributed by atoms with Crippen molar-refractivity contribution in [2.24, 2.45) is 5.10 Å². The third-order valence-electron chi connectivity index (χ3n) is 4.22. The first-order valence-electron chi connectivity index (χ1n) is 8.02. The van der Waals surface area contributed by atoms with Crippen LogP contribution in [-0.2, 0) is 0 Å². The molecule has 0 saturated carbocycles. The minimum atomic E-state index is -0.437. The predicted molar refractivity (Wildman–Crippen MR) is 99.3 cm³/mol. The fourth-order valence-electron chi connectivity index (χ4n) is 3.00. The molecule has 0 unspecified atom stereocenters. The molecule has 0 fully saturated rings. The van der Waals surface area contributed by atoms with Crippen molar-refractivity contribution < 1.29 is 14.3 Å². The summed E-state index contributed by atoms with van der Waals surface area (Å²) < 4.78 is 5.46. The van der Waals surface area contributed by atoms with Crippen LogP contribution in [0.25, 0.3) is 10.8 Å². The quantitative estimate of drug-likeness (QED) is 0.409. The number of nitrogens with zero attached hydrogens (tertiary/aromatic N) is 2. The number of imide groups is 1. The highest BCUT2D eigenvalue weighted by Gasteiger charge is 2.35. The van der Waals surface area contributed by atoms with E-state index in [0.29, 0.717) is 22.4 Å². The molecule has 1 aliphatic heterocycles. The monoisotopic (exact) mass is 342 g/mol. The lowest BCUT2D eigenvalue weighted by Gasteiger charge is -2.10. The van der Waals surface area contributed by atoms with Gasteiger partial charge < -0.3 is 4.74 Å². The average molecular weight is 342 g/mol. The van der Waals surface area contributed by atoms with Crippen molar-refractivity contribution in [3.63, 3.8) is 0 Å². The van der Waals surface area contributed by atoms with Crippen LogP contribution in [0, 0.1) is 0 Å². The zero-order chi connectivity index (χ0) is 18.1. The summed E-state index contributed by atoms with van der Waals surface area (Å²) >= 11 is 0. The molecule has 1 heterocycles. The van der Waals surface area contributed by atoms with Gasteiger partial charge in [-0.15, -0.1) is 0 Å². The van der Waals surface area contributed by atoms with E-state index < -0.39 is 11.8 Å². The van der Waals surface area contributed by atoms with Gasteiger partial charge in [0.05, 0.1) is 23.6 Å². The molecule has 4 rings (SSSR count). The minimum Gasteiger partial charge on any atom is -0.465 e. The van der Waals surface area contributed by atoms with Gasteiger partial charge in [-0.25, -0.2) is 0 Å². The Morgan fingerprint density at radius 1 is 0.885 bits per heavy atom. The van der Waals surface area contributed by atoms with Crippen molar-refractivity contribution in [2.45, 2.75) is 0 Å². The summed E-state index contributed by atoms with van der Waals surface area (Å²) in [6.07, 6.45) is 2.80. The first-order valence-corrected chi connectivity index (χ1v) is 8.02. The topological polar surface area (TPSA) is 59.0 Å². The van der Waals surface area contributed by atoms with E-state index in [0.717, 1.165) is 15.8 Å². The SMILES string of the molecule is C=COc1ccc2ccccc2c1/C=N/N1C(=O)c2ccccc2C1=O. The zero-order valence-corrected chi connectivity index (χ0v) is 13.8. The number of benzene rings is 3. The molecule has 0 aromatic heterocycles. The third kappa shape index (κ3) is 2.46. The van der Waals surface area contributed by atoms with Crippen molar-refractivity contribution in [3.05, 3.63) is 90.2 Å². The van der Waals surface area contributed by atoms with Crippen LogP contribution in [0.15, 0.2) is 78.6 Å². The van der Waals surface area contributed by atoms with E-state index in [1.165, 1.54) is 12.5 Å². The fourth-order valence-corrected chi connectivity index (χ4v) is 3.00. The van der Waals surface area contributed by atoms with Crippen molar-refractivity contribution in [2.75, 3.05) is 0 Å². The molecule has 0 saturated heterocycles. The largest absolute Gasteiger partial charge is 0.465 e. The van der Waals surface area contributed by atoms with Gasteiger partial charge in [-0.3, -0.25) is 9.59 Å². The second kappa shape index (κ2) is 6.29. The summed E-state index contributed by atoms with van der Waals surface area (Å²) in [5, 5.41) is 6.93. The number of carbonyl (C=O) groups is 2. The molecule has 1 aliphatic rings. The molecule has 5 nitrogen and oxygen atoms in total. The highest BCUT2D eigenvalue weighted by atomic mass is 16.5. The molecule has 3 aromatic carbocycles. The van der Waals surface area contributed by atoms with E-state index in [2.05, 4.69) is 11.7 Å². The molecule has 0 atom stereocenters. The van der Waals surface area contributed by atoms with Crippen molar-refractivity contribution >= 4 is 28.8 Å². The van der Waals surface area contributed by atoms with Crippen molar-refractivity contribution in [3.8, 4) is 5.75 Å². The maximum Gasteiger partial charge on any atom is 0.282 e. The summed E-state index contributed by atoms with van der Waals surface area (Å²) in [4.78, 5) is 24.9. The van der Waals surface area contributed by atoms with Crippen LogP contribution < -0.4 is 4.74 Å². The standard InChI is InChI=1S/C21H14N2O3/c1-2-26-19-12-11-14-7-3-4-8-15(14)18(19)13-22-23-20(24)16-9-5-6-10-17(16)21(23)25/h2-13H,1H2/b22-13+. The molecule has 0 radical (unpaired) electrons. The maximum atomic E-state index is 12.4. The summed E-state index contributed by atoms with van der Waals surface area (Å²) in [7, 11) is 0. The van der Waals surface area contributed by atoms with Gasteiger partial charge in [-0.1, -0.05) is 49.0 Å². The average Bonchev–Trinajstić information content (AvgIpc) is 2.92. The Hall–Kier alpha value is -3.73. The molecular formula is C21H14N2O3. The summed E-state index contributed by atoms with van der Waals surface area (Å²) in [6.45, 7) is 3.58. The zero-order valence-electron chi connectivity index (χ0n) is 13.8. The number of fused-ring (bicyclic) bond motifs is 2. The lowest BCUT2D eigenvalue weighted by atomic mass is 10.0. The summed E-state index contributed by atoms with van der Waals surface area (Å²) in [5.41, 5.74) is 1.38. The van der Waals surface area contributed by atoms with E-state index in [-0.39, 0.29) is 0 Å². The van der Waals surface area contributed by atoms with E-state index in [1.54, 1.807) is 30.3 Å². The van der Waals surface area contributed by atoms with E-state index in [9.17, 15) is 9.59 Å². The summed E-state index contributed by atoms with van der Waals surface area (Å²) in [5.74, 6) is -0.333. The molecule has 0 aliphatic carbocycles. The van der Waals surface area contributed by atoms with Gasteiger partial charge in [0.15, 0.2) is 0 Å². The highest BCUT2D eigenvalue weighted by molar-refractivity contribution is 6.21. The van der Waals surface area contributed by atoms with Crippen LogP contribution >= 0.6 is 0 Å². The fraction of sp³-hybridized carbons (Fsp3) is 0. The lowest BCUT2D eigenvalue weighted by molar-refractivity contribution is 0.0660. The van der Waals surface area contributed by atoms with Gasteiger partial charge in [-0.05, 0) is 29.0 Å². The lowest BCUT2D eigenvalue weighted by Crippen LogP contribution is -2.24. The highest BCUT2D eigenvalue weighted by Crippen LogP contribution is 2.28. The van der Waals surface area contributed by atoms with Gasteiger partial charge in [0.25, 0.3) is 11.8 Å². The maximum absolute atomic E-state index is 12.4. The Morgan fingerprint density at radius 2 is 1.54 bits per heavy atom. The molecule has 2 amide bonds. The van der Waals surface area contributed by atoms with Crippen LogP contribution in [0.2, 0.25) is 0 Å². The smallest absolute Gasteiger partial charge is 0.282 e. The van der Waals surface area contributed by atoms with Crippen molar-refractivity contribution in [1.82, 2.24) is 5.01 Å². The van der Waals surface area contributed by atoms with Gasteiger partial charge in [-0.2, -0.15) is 10.1 Å². The first kappa shape index (κ1) is 15.8. The number of carbonyl (C=O) groups excluding carboxylic acids is 2. The van der Waals surface area contributed by atoms with Crippen LogP contribution in [0.3, 0.4) is 0 Å². The first-order chi connectivity index (χ1) is 12.7. The van der Waals surface area contributed by atoms with Gasteiger partial charge >= 0.3 is 0 Å². The van der Waals surface area contributed by atoms with E-state index >= 15 is 0 Å². The van der Waals surface area contributed by atoms with Crippen LogP contribution in [0.1, 0.15) is 26.3 Å². The summed E-state index contributed by atoms with van der Waals surface area (Å²) in [6, 6.07) is 18.1. The van der Waals surface area contributed by atoms with Gasteiger partial charge in [0.2, 0.25) is 0 Å². The molecular weight excluding hydrogens is 328 g/mol. The molecule has 5 heteroatoms. The number of hydrogen-bond acceptors (Lipinski definition) is 4. The number of ether oxygens (including phenoxy) is 1. The molecule has 26 heavy (non-hydrogen) atoms. The second-order valence-corrected chi connectivity index (χ2v) is 5.70. The molecule has 3 aromatic rings. The number of hydrazone groups is 1. The van der Waals surface area contributed by atoms with E-state index in [4.69, 9.17) is 4.74 Å². The molecule has 126 valence electrons. The Balaban J connectivity index is 1.78. The van der Waals surface area contributed by atoms with Crippen LogP contribution in [0.5, 0.6) is 5.75 Å². The Bertz CT molecular complexity index is 1050. The number of amides is 2. The molecule has 0 spiro atoms. The van der Waals surface area contributed by atoms with Gasteiger partial charge in [0.1, 0.15) is 5.75 Å². The minimum absolute atomic E-state index is 0.357. The normalized spacial score (nSPS) is 13.5. The molecule has 0 N–H and O–H groups in total. The number of rotatable bonds is 4. The van der Waals surface area contributed by atoms with Gasteiger partial charge in [0, 0.05) is 5.56 Å². The molecule has 0 bridgehead atoms. The van der Waals surface area contributed by atoms with Crippen LogP contribution in [0.4, 0.5) is 0 Å². The Labute approximate surface area is 149 Å². The Morgan fingerprint density at radius 3 is 2.23 bits per heavy atom.